The normalized spacial score (nSPS) is 20.9. The second-order valence-electron chi connectivity index (χ2n) is 6.11. The molecule has 2 unspecified atom stereocenters. The molecule has 1 aromatic heterocycles. The van der Waals surface area contributed by atoms with Gasteiger partial charge in [-0.2, -0.15) is 0 Å². The Balaban J connectivity index is 1.63. The summed E-state index contributed by atoms with van der Waals surface area (Å²) >= 11 is 0. The van der Waals surface area contributed by atoms with Crippen LogP contribution in [0.2, 0.25) is 0 Å². The summed E-state index contributed by atoms with van der Waals surface area (Å²) in [6.45, 7) is 5.56. The van der Waals surface area contributed by atoms with E-state index in [1.807, 2.05) is 6.07 Å². The summed E-state index contributed by atoms with van der Waals surface area (Å²) in [6.07, 6.45) is 1.27. The summed E-state index contributed by atoms with van der Waals surface area (Å²) in [6, 6.07) is 14.8. The molecule has 0 saturated heterocycles. The van der Waals surface area contributed by atoms with Crippen LogP contribution in [0.4, 0.5) is 0 Å². The lowest BCUT2D eigenvalue weighted by Crippen LogP contribution is -2.28. The summed E-state index contributed by atoms with van der Waals surface area (Å²) in [4.78, 5) is 2.34. The SMILES string of the molecule is CC1CC1c1ccc(CN(CCN)Cc2ccccc2)o1. The van der Waals surface area contributed by atoms with E-state index in [-0.39, 0.29) is 0 Å². The Labute approximate surface area is 126 Å². The van der Waals surface area contributed by atoms with Crippen molar-refractivity contribution in [3.8, 4) is 0 Å². The Morgan fingerprint density at radius 2 is 1.90 bits per heavy atom. The van der Waals surface area contributed by atoms with Gasteiger partial charge in [0.15, 0.2) is 0 Å². The lowest BCUT2D eigenvalue weighted by Gasteiger charge is -2.20. The molecule has 3 rings (SSSR count). The number of rotatable bonds is 7. The maximum atomic E-state index is 6.01. The Morgan fingerprint density at radius 1 is 1.14 bits per heavy atom. The van der Waals surface area contributed by atoms with Crippen LogP contribution < -0.4 is 5.73 Å². The van der Waals surface area contributed by atoms with E-state index in [2.05, 4.69) is 48.2 Å². The van der Waals surface area contributed by atoms with Crippen molar-refractivity contribution in [2.75, 3.05) is 13.1 Å². The van der Waals surface area contributed by atoms with Crippen molar-refractivity contribution in [1.82, 2.24) is 4.90 Å². The molecule has 0 spiro atoms. The van der Waals surface area contributed by atoms with E-state index in [4.69, 9.17) is 10.2 Å². The van der Waals surface area contributed by atoms with Gasteiger partial charge in [-0.15, -0.1) is 0 Å². The van der Waals surface area contributed by atoms with Crippen molar-refractivity contribution in [3.63, 3.8) is 0 Å². The van der Waals surface area contributed by atoms with Crippen molar-refractivity contribution in [2.24, 2.45) is 11.7 Å². The minimum Gasteiger partial charge on any atom is -0.464 e. The van der Waals surface area contributed by atoms with Gasteiger partial charge in [-0.05, 0) is 30.0 Å². The summed E-state index contributed by atoms with van der Waals surface area (Å²) < 4.78 is 6.01. The average molecular weight is 284 g/mol. The highest BCUT2D eigenvalue weighted by atomic mass is 16.3. The first-order valence-corrected chi connectivity index (χ1v) is 7.81. The molecule has 2 N–H and O–H groups in total. The van der Waals surface area contributed by atoms with Crippen molar-refractivity contribution in [2.45, 2.75) is 32.4 Å². The lowest BCUT2D eigenvalue weighted by atomic mass is 10.2. The summed E-state index contributed by atoms with van der Waals surface area (Å²) in [5.74, 6) is 3.64. The maximum absolute atomic E-state index is 6.01. The van der Waals surface area contributed by atoms with Crippen LogP contribution in [0.15, 0.2) is 46.9 Å². The first kappa shape index (κ1) is 14.4. The van der Waals surface area contributed by atoms with Gasteiger partial charge in [-0.1, -0.05) is 37.3 Å². The molecule has 3 nitrogen and oxygen atoms in total. The number of nitrogens with zero attached hydrogens (tertiary/aromatic N) is 1. The standard InChI is InChI=1S/C18H24N2O/c1-14-11-17(14)18-8-7-16(21-18)13-20(10-9-19)12-15-5-3-2-4-6-15/h2-8,14,17H,9-13,19H2,1H3. The van der Waals surface area contributed by atoms with Gasteiger partial charge in [0.25, 0.3) is 0 Å². The third-order valence-electron chi connectivity index (χ3n) is 4.23. The predicted octanol–water partition coefficient (Wildman–Crippen LogP) is 3.36. The average Bonchev–Trinajstić information content (AvgIpc) is 3.03. The van der Waals surface area contributed by atoms with E-state index in [9.17, 15) is 0 Å². The molecule has 1 aromatic carbocycles. The molecule has 0 radical (unpaired) electrons. The third kappa shape index (κ3) is 3.74. The number of hydrogen-bond donors (Lipinski definition) is 1. The number of nitrogens with two attached hydrogens (primary N) is 1. The Bertz CT molecular complexity index is 564. The zero-order chi connectivity index (χ0) is 14.7. The summed E-state index contributed by atoms with van der Waals surface area (Å²) in [5, 5.41) is 0. The molecule has 2 atom stereocenters. The van der Waals surface area contributed by atoms with Crippen LogP contribution >= 0.6 is 0 Å². The van der Waals surface area contributed by atoms with Gasteiger partial charge in [0, 0.05) is 25.6 Å². The highest BCUT2D eigenvalue weighted by molar-refractivity contribution is 5.18. The fourth-order valence-corrected chi connectivity index (χ4v) is 2.86. The first-order valence-electron chi connectivity index (χ1n) is 7.81. The van der Waals surface area contributed by atoms with Gasteiger partial charge in [-0.3, -0.25) is 4.90 Å². The molecule has 1 fully saturated rings. The molecule has 1 aliphatic carbocycles. The van der Waals surface area contributed by atoms with Gasteiger partial charge >= 0.3 is 0 Å². The van der Waals surface area contributed by atoms with Crippen LogP contribution in [0.1, 0.15) is 36.3 Å². The van der Waals surface area contributed by atoms with E-state index >= 15 is 0 Å². The zero-order valence-corrected chi connectivity index (χ0v) is 12.7. The van der Waals surface area contributed by atoms with Crippen LogP contribution in [0.5, 0.6) is 0 Å². The molecule has 3 heteroatoms. The summed E-state index contributed by atoms with van der Waals surface area (Å²) in [7, 11) is 0. The second-order valence-corrected chi connectivity index (χ2v) is 6.11. The highest BCUT2D eigenvalue weighted by Crippen LogP contribution is 2.47. The molecule has 112 valence electrons. The third-order valence-corrected chi connectivity index (χ3v) is 4.23. The zero-order valence-electron chi connectivity index (χ0n) is 12.7. The monoisotopic (exact) mass is 284 g/mol. The molecule has 1 aliphatic rings. The van der Waals surface area contributed by atoms with E-state index in [1.165, 1.54) is 12.0 Å². The molecule has 2 aromatic rings. The van der Waals surface area contributed by atoms with Crippen LogP contribution in [-0.4, -0.2) is 18.0 Å². The number of benzene rings is 1. The molecule has 0 bridgehead atoms. The molecule has 0 aliphatic heterocycles. The van der Waals surface area contributed by atoms with Crippen molar-refractivity contribution >= 4 is 0 Å². The minimum absolute atomic E-state index is 0.649. The van der Waals surface area contributed by atoms with Crippen LogP contribution in [0.3, 0.4) is 0 Å². The Kier molecular flexibility index (Phi) is 4.42. The first-order chi connectivity index (χ1) is 10.3. The van der Waals surface area contributed by atoms with Crippen molar-refractivity contribution in [1.29, 1.82) is 0 Å². The van der Waals surface area contributed by atoms with Gasteiger partial charge in [0.05, 0.1) is 6.54 Å². The summed E-state index contributed by atoms with van der Waals surface area (Å²) in [5.41, 5.74) is 7.06. The number of furan rings is 1. The maximum Gasteiger partial charge on any atom is 0.118 e. The Hall–Kier alpha value is -1.58. The van der Waals surface area contributed by atoms with Crippen LogP contribution in [-0.2, 0) is 13.1 Å². The van der Waals surface area contributed by atoms with Crippen LogP contribution in [0, 0.1) is 5.92 Å². The van der Waals surface area contributed by atoms with E-state index in [1.54, 1.807) is 0 Å². The van der Waals surface area contributed by atoms with Crippen LogP contribution in [0.25, 0.3) is 0 Å². The highest BCUT2D eigenvalue weighted by Gasteiger charge is 2.36. The van der Waals surface area contributed by atoms with E-state index < -0.39 is 0 Å². The number of hydrogen-bond acceptors (Lipinski definition) is 3. The largest absolute Gasteiger partial charge is 0.464 e. The van der Waals surface area contributed by atoms with Gasteiger partial charge in [0.1, 0.15) is 11.5 Å². The molecular formula is C18H24N2O. The topological polar surface area (TPSA) is 42.4 Å². The minimum atomic E-state index is 0.649. The molecular weight excluding hydrogens is 260 g/mol. The molecule has 21 heavy (non-hydrogen) atoms. The van der Waals surface area contributed by atoms with Crippen molar-refractivity contribution < 1.29 is 4.42 Å². The van der Waals surface area contributed by atoms with Gasteiger partial charge < -0.3 is 10.2 Å². The second kappa shape index (κ2) is 6.46. The van der Waals surface area contributed by atoms with Gasteiger partial charge in [-0.25, -0.2) is 0 Å². The Morgan fingerprint density at radius 3 is 2.57 bits per heavy atom. The van der Waals surface area contributed by atoms with Crippen molar-refractivity contribution in [3.05, 3.63) is 59.5 Å². The van der Waals surface area contributed by atoms with E-state index in [0.29, 0.717) is 12.5 Å². The lowest BCUT2D eigenvalue weighted by molar-refractivity contribution is 0.239. The van der Waals surface area contributed by atoms with Gasteiger partial charge in [0.2, 0.25) is 0 Å². The smallest absolute Gasteiger partial charge is 0.118 e. The molecule has 1 heterocycles. The molecule has 0 amide bonds. The predicted molar refractivity (Wildman–Crippen MR) is 84.8 cm³/mol. The molecule has 1 saturated carbocycles. The van der Waals surface area contributed by atoms with E-state index in [0.717, 1.165) is 37.1 Å². The fraction of sp³-hybridized carbons (Fsp3) is 0.444. The quantitative estimate of drug-likeness (QED) is 0.847. The fourth-order valence-electron chi connectivity index (χ4n) is 2.86.